The summed E-state index contributed by atoms with van der Waals surface area (Å²) in [6, 6.07) is 2.17. The van der Waals surface area contributed by atoms with Crippen molar-refractivity contribution in [1.29, 1.82) is 0 Å². The van der Waals surface area contributed by atoms with Crippen molar-refractivity contribution in [2.24, 2.45) is 4.99 Å². The second kappa shape index (κ2) is 12.0. The van der Waals surface area contributed by atoms with Crippen molar-refractivity contribution in [2.45, 2.75) is 19.6 Å². The number of aromatic nitrogens is 2. The van der Waals surface area contributed by atoms with E-state index in [1.54, 1.807) is 0 Å². The van der Waals surface area contributed by atoms with Gasteiger partial charge in [0, 0.05) is 32.2 Å². The lowest BCUT2D eigenvalue weighted by Crippen LogP contribution is -2.39. The number of hydrogen-bond acceptors (Lipinski definition) is 6. The number of guanidine groups is 1. The number of pyridine rings is 1. The second-order valence-electron chi connectivity index (χ2n) is 5.84. The first-order valence-corrected chi connectivity index (χ1v) is 9.48. The zero-order valence-electron chi connectivity index (χ0n) is 16.3. The van der Waals surface area contributed by atoms with Crippen LogP contribution >= 0.6 is 35.3 Å². The van der Waals surface area contributed by atoms with Gasteiger partial charge in [-0.05, 0) is 19.1 Å². The predicted octanol–water partition coefficient (Wildman–Crippen LogP) is 3.38. The molecule has 0 saturated heterocycles. The Morgan fingerprint density at radius 2 is 2.07 bits per heavy atom. The van der Waals surface area contributed by atoms with Gasteiger partial charge in [-0.2, -0.15) is 13.2 Å². The van der Waals surface area contributed by atoms with Gasteiger partial charge in [0.15, 0.2) is 11.1 Å². The largest absolute Gasteiger partial charge is 0.475 e. The van der Waals surface area contributed by atoms with Crippen LogP contribution in [-0.4, -0.2) is 49.7 Å². The fraction of sp³-hybridized carbons (Fsp3) is 0.471. The number of thiazole rings is 1. The summed E-state index contributed by atoms with van der Waals surface area (Å²) in [5.41, 5.74) is -0.0544. The number of halogens is 4. The molecule has 0 fully saturated rings. The van der Waals surface area contributed by atoms with Crippen LogP contribution in [0, 0.1) is 0 Å². The van der Waals surface area contributed by atoms with Crippen molar-refractivity contribution in [3.8, 4) is 5.88 Å². The third-order valence-electron chi connectivity index (χ3n) is 3.38. The number of hydrogen-bond donors (Lipinski definition) is 2. The van der Waals surface area contributed by atoms with E-state index < -0.39 is 17.6 Å². The van der Waals surface area contributed by atoms with E-state index in [4.69, 9.17) is 4.74 Å². The van der Waals surface area contributed by atoms with E-state index in [-0.39, 0.29) is 37.1 Å². The third kappa shape index (κ3) is 8.20. The minimum Gasteiger partial charge on any atom is -0.475 e. The fourth-order valence-corrected chi connectivity index (χ4v) is 2.86. The monoisotopic (exact) mass is 544 g/mol. The molecule has 2 N–H and O–H groups in total. The molecule has 2 aromatic rings. The van der Waals surface area contributed by atoms with E-state index in [1.165, 1.54) is 23.6 Å². The number of nitrogens with zero attached hydrogens (tertiary/aromatic N) is 4. The maximum absolute atomic E-state index is 12.9. The van der Waals surface area contributed by atoms with Crippen molar-refractivity contribution in [3.63, 3.8) is 0 Å². The zero-order chi connectivity index (χ0) is 20.6. The molecule has 0 atom stereocenters. The second-order valence-corrected chi connectivity index (χ2v) is 6.68. The molecule has 0 bridgehead atoms. The van der Waals surface area contributed by atoms with E-state index in [0.29, 0.717) is 19.0 Å². The Labute approximate surface area is 188 Å². The van der Waals surface area contributed by atoms with Gasteiger partial charge in [-0.1, -0.05) is 0 Å². The van der Waals surface area contributed by atoms with Crippen LogP contribution in [-0.2, 0) is 12.7 Å². The van der Waals surface area contributed by atoms with Gasteiger partial charge in [0.1, 0.15) is 12.2 Å². The van der Waals surface area contributed by atoms with Crippen LogP contribution in [0.2, 0.25) is 0 Å². The number of alkyl halides is 3. The number of aliphatic imine (C=N–C) groups is 1. The molecule has 29 heavy (non-hydrogen) atoms. The van der Waals surface area contributed by atoms with E-state index in [1.807, 2.05) is 31.3 Å². The molecule has 2 aromatic heterocycles. The minimum absolute atomic E-state index is 0. The van der Waals surface area contributed by atoms with E-state index in [9.17, 15) is 13.2 Å². The third-order valence-corrected chi connectivity index (χ3v) is 4.43. The molecule has 0 aliphatic carbocycles. The summed E-state index contributed by atoms with van der Waals surface area (Å²) in [7, 11) is 3.84. The smallest absolute Gasteiger partial charge is 0.421 e. The summed E-state index contributed by atoms with van der Waals surface area (Å²) in [6.07, 6.45) is -3.24. The summed E-state index contributed by atoms with van der Waals surface area (Å²) < 4.78 is 44.0. The van der Waals surface area contributed by atoms with Gasteiger partial charge in [-0.25, -0.2) is 15.0 Å². The number of nitrogens with one attached hydrogen (secondary N) is 2. The highest BCUT2D eigenvalue weighted by atomic mass is 127. The first kappa shape index (κ1) is 25.2. The molecule has 0 unspecified atom stereocenters. The molecule has 12 heteroatoms. The summed E-state index contributed by atoms with van der Waals surface area (Å²) in [6.45, 7) is 3.22. The highest BCUT2D eigenvalue weighted by molar-refractivity contribution is 14.0. The molecule has 0 saturated carbocycles. The van der Waals surface area contributed by atoms with E-state index in [2.05, 4.69) is 25.6 Å². The van der Waals surface area contributed by atoms with Crippen LogP contribution < -0.4 is 20.3 Å². The van der Waals surface area contributed by atoms with Gasteiger partial charge >= 0.3 is 6.18 Å². The lowest BCUT2D eigenvalue weighted by atomic mass is 10.2. The summed E-state index contributed by atoms with van der Waals surface area (Å²) in [5, 5.41) is 8.92. The van der Waals surface area contributed by atoms with Gasteiger partial charge in [-0.3, -0.25) is 0 Å². The molecule has 0 aliphatic rings. The van der Waals surface area contributed by atoms with Crippen LogP contribution in [0.4, 0.5) is 18.3 Å². The van der Waals surface area contributed by atoms with Crippen molar-refractivity contribution in [2.75, 3.05) is 38.7 Å². The van der Waals surface area contributed by atoms with Crippen molar-refractivity contribution in [3.05, 3.63) is 35.0 Å². The lowest BCUT2D eigenvalue weighted by Gasteiger charge is -2.14. The van der Waals surface area contributed by atoms with Crippen molar-refractivity contribution < 1.29 is 17.9 Å². The van der Waals surface area contributed by atoms with Crippen LogP contribution in [0.5, 0.6) is 5.88 Å². The average Bonchev–Trinajstić information content (AvgIpc) is 3.12. The Balaban J connectivity index is 0.00000420. The molecule has 0 aromatic carbocycles. The van der Waals surface area contributed by atoms with Gasteiger partial charge in [0.2, 0.25) is 5.88 Å². The molecule has 2 rings (SSSR count). The zero-order valence-corrected chi connectivity index (χ0v) is 19.4. The molecule has 0 amide bonds. The van der Waals surface area contributed by atoms with Crippen LogP contribution in [0.1, 0.15) is 18.2 Å². The Bertz CT molecular complexity index is 785. The molecular formula is C17H24F3IN6OS. The van der Waals surface area contributed by atoms with Crippen LogP contribution in [0.15, 0.2) is 28.7 Å². The number of rotatable bonds is 8. The molecule has 0 spiro atoms. The van der Waals surface area contributed by atoms with Crippen LogP contribution in [0.3, 0.4) is 0 Å². The molecular weight excluding hydrogens is 520 g/mol. The quantitative estimate of drug-likeness (QED) is 0.230. The normalized spacial score (nSPS) is 11.6. The molecule has 2 heterocycles. The highest BCUT2D eigenvalue weighted by Crippen LogP contribution is 2.34. The van der Waals surface area contributed by atoms with Crippen molar-refractivity contribution >= 4 is 46.4 Å². The SMILES string of the molecule is CCNC(=NCc1csc(N(C)C)n1)NCCOc1ncccc1C(F)(F)F.I. The van der Waals surface area contributed by atoms with Gasteiger partial charge < -0.3 is 20.3 Å². The topological polar surface area (TPSA) is 74.7 Å². The lowest BCUT2D eigenvalue weighted by molar-refractivity contribution is -0.139. The van der Waals surface area contributed by atoms with Crippen molar-refractivity contribution in [1.82, 2.24) is 20.6 Å². The highest BCUT2D eigenvalue weighted by Gasteiger charge is 2.34. The standard InChI is InChI=1S/C17H23F3N6OS.HI/c1-4-21-15(24-10-12-11-28-16(25-12)26(2)3)23-8-9-27-14-13(17(18,19)20)6-5-7-22-14;/h5-7,11H,4,8-10H2,1-3H3,(H2,21,23,24);1H. The molecule has 0 radical (unpaired) electrons. The Hall–Kier alpha value is -1.83. The summed E-state index contributed by atoms with van der Waals surface area (Å²) >= 11 is 1.53. The first-order valence-electron chi connectivity index (χ1n) is 8.60. The predicted molar refractivity (Wildman–Crippen MR) is 119 cm³/mol. The Kier molecular flexibility index (Phi) is 10.4. The summed E-state index contributed by atoms with van der Waals surface area (Å²) in [5.74, 6) is 0.0972. The van der Waals surface area contributed by atoms with E-state index in [0.717, 1.165) is 16.9 Å². The Morgan fingerprint density at radius 1 is 1.31 bits per heavy atom. The van der Waals surface area contributed by atoms with Crippen LogP contribution in [0.25, 0.3) is 0 Å². The average molecular weight is 544 g/mol. The van der Waals surface area contributed by atoms with Gasteiger partial charge in [0.25, 0.3) is 0 Å². The fourth-order valence-electron chi connectivity index (χ4n) is 2.11. The van der Waals surface area contributed by atoms with Gasteiger partial charge in [0.05, 0.1) is 18.8 Å². The van der Waals surface area contributed by atoms with E-state index >= 15 is 0 Å². The number of anilines is 1. The minimum atomic E-state index is -4.51. The molecule has 7 nitrogen and oxygen atoms in total. The maximum Gasteiger partial charge on any atom is 0.421 e. The first-order chi connectivity index (χ1) is 13.3. The Morgan fingerprint density at radius 3 is 2.69 bits per heavy atom. The number of ether oxygens (including phenoxy) is 1. The summed E-state index contributed by atoms with van der Waals surface area (Å²) in [4.78, 5) is 14.5. The maximum atomic E-state index is 12.9. The molecule has 0 aliphatic heterocycles. The molecule has 162 valence electrons. The van der Waals surface area contributed by atoms with Gasteiger partial charge in [-0.15, -0.1) is 35.3 Å².